The zero-order valence-electron chi connectivity index (χ0n) is 36.8. The van der Waals surface area contributed by atoms with Crippen molar-refractivity contribution in [3.63, 3.8) is 0 Å². The van der Waals surface area contributed by atoms with E-state index in [9.17, 15) is 58.5 Å². The van der Waals surface area contributed by atoms with Crippen LogP contribution in [0.25, 0.3) is 10.8 Å². The summed E-state index contributed by atoms with van der Waals surface area (Å²) in [6.07, 6.45) is 1.53. The second-order valence-electron chi connectivity index (χ2n) is 17.0. The van der Waals surface area contributed by atoms with Gasteiger partial charge < -0.3 is 51.5 Å². The van der Waals surface area contributed by atoms with E-state index in [1.165, 1.54) is 4.90 Å². The number of rotatable bonds is 23. The van der Waals surface area contributed by atoms with Gasteiger partial charge in [0.05, 0.1) is 19.1 Å². The molecule has 64 heavy (non-hydrogen) atoms. The Hall–Kier alpha value is -6.11. The number of carboxylic acids is 3. The summed E-state index contributed by atoms with van der Waals surface area (Å²) in [5, 5.41) is 43.3. The van der Waals surface area contributed by atoms with E-state index >= 15 is 0 Å². The Morgan fingerprint density at radius 3 is 2.03 bits per heavy atom. The van der Waals surface area contributed by atoms with Gasteiger partial charge in [0.25, 0.3) is 0 Å². The molecule has 1 saturated carbocycles. The van der Waals surface area contributed by atoms with Crippen molar-refractivity contribution in [2.45, 2.75) is 147 Å². The fourth-order valence-electron chi connectivity index (χ4n) is 8.26. The average molecular weight is 895 g/mol. The van der Waals surface area contributed by atoms with Gasteiger partial charge in [-0.1, -0.05) is 82.9 Å². The van der Waals surface area contributed by atoms with Crippen LogP contribution in [0.4, 0.5) is 0 Å². The Morgan fingerprint density at radius 1 is 0.750 bits per heavy atom. The van der Waals surface area contributed by atoms with Crippen molar-refractivity contribution in [1.29, 1.82) is 0 Å². The van der Waals surface area contributed by atoms with Crippen LogP contribution in [0.5, 0.6) is 0 Å². The molecule has 19 nitrogen and oxygen atoms in total. The number of ether oxygens (including phenoxy) is 1. The number of hydrogen-bond donors (Lipinski definition) is 8. The molecule has 0 unspecified atom stereocenters. The minimum atomic E-state index is -1.59. The summed E-state index contributed by atoms with van der Waals surface area (Å²) < 4.78 is 6.28. The van der Waals surface area contributed by atoms with Crippen LogP contribution < -0.4 is 26.6 Å². The van der Waals surface area contributed by atoms with Crippen LogP contribution in [0.2, 0.25) is 0 Å². The third kappa shape index (κ3) is 14.7. The van der Waals surface area contributed by atoms with Crippen molar-refractivity contribution in [1.82, 2.24) is 31.5 Å². The van der Waals surface area contributed by atoms with Crippen LogP contribution in [-0.4, -0.2) is 122 Å². The number of likely N-dealkylation sites (tertiary alicyclic amines) is 1. The van der Waals surface area contributed by atoms with Crippen LogP contribution in [0.3, 0.4) is 0 Å². The molecule has 6 amide bonds. The topological polar surface area (TPSA) is 287 Å². The van der Waals surface area contributed by atoms with Gasteiger partial charge in [0.1, 0.15) is 36.3 Å². The Balaban J connectivity index is 1.59. The van der Waals surface area contributed by atoms with E-state index in [0.29, 0.717) is 19.3 Å². The molecule has 2 aliphatic rings. The number of aliphatic carboxylic acids is 3. The second-order valence-corrected chi connectivity index (χ2v) is 17.0. The lowest BCUT2D eigenvalue weighted by Gasteiger charge is -2.35. The first kappa shape index (κ1) is 50.5. The van der Waals surface area contributed by atoms with E-state index < -0.39 is 127 Å². The summed E-state index contributed by atoms with van der Waals surface area (Å²) in [5.74, 6) is -9.71. The van der Waals surface area contributed by atoms with Crippen molar-refractivity contribution in [2.24, 2.45) is 11.8 Å². The Morgan fingerprint density at radius 2 is 1.42 bits per heavy atom. The van der Waals surface area contributed by atoms with Crippen LogP contribution in [0, 0.1) is 11.8 Å². The van der Waals surface area contributed by atoms with Crippen molar-refractivity contribution >= 4 is 64.1 Å². The summed E-state index contributed by atoms with van der Waals surface area (Å²) >= 11 is 0. The molecule has 8 N–H and O–H groups in total. The van der Waals surface area contributed by atoms with Crippen LogP contribution in [0.1, 0.15) is 104 Å². The number of carboxylic acid groups (broad SMARTS) is 3. The second kappa shape index (κ2) is 24.1. The molecule has 0 aromatic heterocycles. The van der Waals surface area contributed by atoms with E-state index in [-0.39, 0.29) is 26.0 Å². The van der Waals surface area contributed by atoms with Crippen molar-refractivity contribution in [3.8, 4) is 0 Å². The number of nitrogens with zero attached hydrogens (tertiary/aromatic N) is 1. The van der Waals surface area contributed by atoms with Crippen molar-refractivity contribution in [3.05, 3.63) is 48.0 Å². The first-order valence-electron chi connectivity index (χ1n) is 21.9. The van der Waals surface area contributed by atoms with Gasteiger partial charge in [-0.15, -0.1) is 0 Å². The van der Waals surface area contributed by atoms with Crippen LogP contribution >= 0.6 is 0 Å². The largest absolute Gasteiger partial charge is 0.481 e. The van der Waals surface area contributed by atoms with Crippen molar-refractivity contribution in [2.75, 3.05) is 6.54 Å². The molecule has 1 heterocycles. The van der Waals surface area contributed by atoms with Crippen molar-refractivity contribution < 1.29 is 63.2 Å². The predicted octanol–water partition coefficient (Wildman–Crippen LogP) is 2.23. The molecule has 1 aliphatic carbocycles. The molecule has 2 fully saturated rings. The molecule has 0 radical (unpaired) electrons. The van der Waals surface area contributed by atoms with Gasteiger partial charge in [-0.25, -0.2) is 4.79 Å². The van der Waals surface area contributed by atoms with E-state index in [0.717, 1.165) is 42.5 Å². The maximum Gasteiger partial charge on any atom is 0.326 e. The predicted molar refractivity (Wildman–Crippen MR) is 231 cm³/mol. The number of fused-ring (bicyclic) bond motifs is 1. The molecule has 2 aromatic rings. The lowest BCUT2D eigenvalue weighted by Crippen LogP contribution is -2.61. The highest BCUT2D eigenvalue weighted by atomic mass is 16.5. The number of carbonyl (C=O) groups is 9. The molecule has 1 saturated heterocycles. The molecule has 350 valence electrons. The van der Waals surface area contributed by atoms with E-state index in [2.05, 4.69) is 26.6 Å². The third-order valence-corrected chi connectivity index (χ3v) is 11.6. The molecule has 19 heteroatoms. The SMILES string of the molecule is CCC[C@H](NC(=O)[C@@H]1C[C@@H](OCc2ccc3ccccc3c2)CN1C(=O)[C@@H](NC(=O)[C@@H](NC(=O)[C@@H](CCC(=O)O)NC(=O)[C@H](CC(=O)O)NC(C)=O)C1CCCCC1)C(C)C)C(=O)O. The minimum Gasteiger partial charge on any atom is -0.481 e. The Kier molecular flexibility index (Phi) is 19.0. The van der Waals surface area contributed by atoms with Crippen LogP contribution in [0.15, 0.2) is 42.5 Å². The number of nitrogens with one attached hydrogen (secondary N) is 5. The summed E-state index contributed by atoms with van der Waals surface area (Å²) in [6.45, 7) is 6.34. The lowest BCUT2D eigenvalue weighted by molar-refractivity contribution is -0.145. The van der Waals surface area contributed by atoms with Gasteiger partial charge >= 0.3 is 17.9 Å². The van der Waals surface area contributed by atoms with E-state index in [4.69, 9.17) is 4.74 Å². The molecule has 4 rings (SSSR count). The van der Waals surface area contributed by atoms with Crippen LogP contribution in [-0.2, 0) is 54.5 Å². The molecule has 0 spiro atoms. The normalized spacial score (nSPS) is 18.8. The fraction of sp³-hybridized carbons (Fsp3) is 0.578. The Bertz CT molecular complexity index is 2000. The third-order valence-electron chi connectivity index (χ3n) is 11.6. The van der Waals surface area contributed by atoms with E-state index in [1.54, 1.807) is 20.8 Å². The fourth-order valence-corrected chi connectivity index (χ4v) is 8.26. The summed E-state index contributed by atoms with van der Waals surface area (Å²) in [5.41, 5.74) is 0.860. The molecule has 1 aliphatic heterocycles. The smallest absolute Gasteiger partial charge is 0.326 e. The summed E-state index contributed by atoms with van der Waals surface area (Å²) in [6, 6.07) is 5.66. The number of carbonyl (C=O) groups excluding carboxylic acids is 6. The molecular formula is C45H62N6O13. The monoisotopic (exact) mass is 894 g/mol. The lowest BCUT2D eigenvalue weighted by atomic mass is 9.83. The number of benzene rings is 2. The van der Waals surface area contributed by atoms with Gasteiger partial charge in [-0.2, -0.15) is 0 Å². The number of hydrogen-bond acceptors (Lipinski definition) is 10. The maximum absolute atomic E-state index is 14.7. The number of amides is 6. The molecular weight excluding hydrogens is 833 g/mol. The first-order chi connectivity index (χ1) is 30.4. The van der Waals surface area contributed by atoms with E-state index in [1.807, 2.05) is 42.5 Å². The zero-order chi connectivity index (χ0) is 47.1. The first-order valence-corrected chi connectivity index (χ1v) is 21.9. The maximum atomic E-state index is 14.7. The standard InChI is InChI=1S/C45H62N6O13/c1-5-11-33(45(62)63)48-42(59)35-21-31(64-24-27-16-17-28-12-9-10-15-30(28)20-27)23-51(35)44(61)38(25(2)3)49-43(60)39(29-13-7-6-8-14-29)50-40(57)32(18-19-36(53)54)47-41(58)34(22-37(55)56)46-26(4)52/h9-10,12,15-17,20,25,29,31-35,38-39H,5-8,11,13-14,18-19,21-24H2,1-4H3,(H,46,52)(H,47,58)(H,48,59)(H,49,60)(H,50,57)(H,53,54)(H,55,56)(H,62,63)/t31-,32-,33+,34+,35+,38+,39+/m1/s1. The summed E-state index contributed by atoms with van der Waals surface area (Å²) in [7, 11) is 0. The molecule has 0 bridgehead atoms. The van der Waals surface area contributed by atoms with Gasteiger partial charge in [-0.3, -0.25) is 38.4 Å². The highest BCUT2D eigenvalue weighted by Gasteiger charge is 2.45. The average Bonchev–Trinajstić information content (AvgIpc) is 3.68. The van der Waals surface area contributed by atoms with Gasteiger partial charge in [0, 0.05) is 26.3 Å². The Labute approximate surface area is 371 Å². The molecule has 2 aromatic carbocycles. The van der Waals surface area contributed by atoms with Gasteiger partial charge in [0.2, 0.25) is 35.4 Å². The van der Waals surface area contributed by atoms with Gasteiger partial charge in [0.15, 0.2) is 0 Å². The molecule has 7 atom stereocenters. The van der Waals surface area contributed by atoms with Gasteiger partial charge in [-0.05, 0) is 59.9 Å². The zero-order valence-corrected chi connectivity index (χ0v) is 36.8. The highest BCUT2D eigenvalue weighted by molar-refractivity contribution is 5.98. The summed E-state index contributed by atoms with van der Waals surface area (Å²) in [4.78, 5) is 118. The minimum absolute atomic E-state index is 0.0435. The quantitative estimate of drug-likeness (QED) is 0.0796. The highest BCUT2D eigenvalue weighted by Crippen LogP contribution is 2.29.